The Morgan fingerprint density at radius 1 is 1.06 bits per heavy atom. The van der Waals surface area contributed by atoms with Crippen molar-refractivity contribution in [3.05, 3.63) is 60.3 Å². The number of ether oxygens (including phenoxy) is 2. The molecule has 0 radical (unpaired) electrons. The molecule has 190 valence electrons. The van der Waals surface area contributed by atoms with Gasteiger partial charge in [0, 0.05) is 67.6 Å². The van der Waals surface area contributed by atoms with Gasteiger partial charge in [-0.2, -0.15) is 0 Å². The van der Waals surface area contributed by atoms with Crippen LogP contribution in [0, 0.1) is 5.92 Å². The van der Waals surface area contributed by atoms with Gasteiger partial charge in [0.25, 0.3) is 5.91 Å². The quantitative estimate of drug-likeness (QED) is 0.500. The first-order valence-electron chi connectivity index (χ1n) is 12.8. The van der Waals surface area contributed by atoms with Gasteiger partial charge in [-0.25, -0.2) is 4.98 Å². The number of carbonyl (C=O) groups excluding carboxylic acids is 1. The molecule has 2 aliphatic rings. The van der Waals surface area contributed by atoms with Crippen LogP contribution < -0.4 is 15.0 Å². The first-order chi connectivity index (χ1) is 17.7. The number of benzene rings is 2. The summed E-state index contributed by atoms with van der Waals surface area (Å²) in [6.45, 7) is 6.79. The van der Waals surface area contributed by atoms with Gasteiger partial charge in [0.05, 0.1) is 13.2 Å². The number of nitrogens with one attached hydrogen (secondary N) is 1. The summed E-state index contributed by atoms with van der Waals surface area (Å²) < 4.78 is 11.6. The molecule has 0 atom stereocenters. The molecule has 2 fully saturated rings. The molecule has 1 amide bonds. The molecule has 2 aliphatic heterocycles. The number of anilines is 2. The van der Waals surface area contributed by atoms with Crippen LogP contribution in [0.4, 0.5) is 11.5 Å². The van der Waals surface area contributed by atoms with E-state index in [1.54, 1.807) is 12.3 Å². The fourth-order valence-corrected chi connectivity index (χ4v) is 4.89. The fraction of sp³-hybridized carbons (Fsp3) is 0.429. The van der Waals surface area contributed by atoms with Gasteiger partial charge in [-0.1, -0.05) is 24.3 Å². The number of aliphatic hydroxyl groups is 1. The lowest BCUT2D eigenvalue weighted by Crippen LogP contribution is -2.38. The van der Waals surface area contributed by atoms with Gasteiger partial charge in [0.15, 0.2) is 0 Å². The molecule has 8 heteroatoms. The number of pyridine rings is 1. The first-order valence-corrected chi connectivity index (χ1v) is 12.8. The largest absolute Gasteiger partial charge is 0.492 e. The molecule has 0 bridgehead atoms. The summed E-state index contributed by atoms with van der Waals surface area (Å²) in [5.41, 5.74) is 1.32. The number of nitrogens with zero attached hydrogens (tertiary/aromatic N) is 3. The number of morpholine rings is 1. The molecule has 0 aliphatic carbocycles. The number of hydrogen-bond donors (Lipinski definition) is 2. The van der Waals surface area contributed by atoms with Crippen LogP contribution in [-0.2, 0) is 4.74 Å². The van der Waals surface area contributed by atoms with E-state index in [1.165, 1.54) is 0 Å². The third-order valence-corrected chi connectivity index (χ3v) is 7.11. The van der Waals surface area contributed by atoms with Crippen LogP contribution in [0.1, 0.15) is 23.2 Å². The summed E-state index contributed by atoms with van der Waals surface area (Å²) in [4.78, 5) is 22.2. The highest BCUT2D eigenvalue weighted by molar-refractivity contribution is 6.10. The van der Waals surface area contributed by atoms with Crippen LogP contribution in [0.15, 0.2) is 54.7 Å². The van der Waals surface area contributed by atoms with E-state index in [0.29, 0.717) is 18.1 Å². The van der Waals surface area contributed by atoms with Crippen LogP contribution >= 0.6 is 0 Å². The zero-order valence-electron chi connectivity index (χ0n) is 20.6. The van der Waals surface area contributed by atoms with Crippen LogP contribution in [-0.4, -0.2) is 80.0 Å². The molecular weight excluding hydrogens is 456 g/mol. The van der Waals surface area contributed by atoms with Gasteiger partial charge in [0.2, 0.25) is 0 Å². The highest BCUT2D eigenvalue weighted by Crippen LogP contribution is 2.32. The van der Waals surface area contributed by atoms with Crippen molar-refractivity contribution in [1.29, 1.82) is 0 Å². The van der Waals surface area contributed by atoms with Crippen molar-refractivity contribution in [3.63, 3.8) is 0 Å². The van der Waals surface area contributed by atoms with Gasteiger partial charge in [-0.3, -0.25) is 9.69 Å². The monoisotopic (exact) mass is 490 g/mol. The Kier molecular flexibility index (Phi) is 7.95. The second-order valence-corrected chi connectivity index (χ2v) is 9.43. The second-order valence-electron chi connectivity index (χ2n) is 9.43. The number of rotatable bonds is 8. The normalized spacial score (nSPS) is 17.3. The highest BCUT2D eigenvalue weighted by atomic mass is 16.5. The first kappa shape index (κ1) is 24.5. The lowest BCUT2D eigenvalue weighted by Gasteiger charge is -2.32. The maximum atomic E-state index is 13.2. The van der Waals surface area contributed by atoms with Crippen molar-refractivity contribution in [2.75, 3.05) is 69.4 Å². The number of hydrogen-bond acceptors (Lipinski definition) is 7. The predicted octanol–water partition coefficient (Wildman–Crippen LogP) is 3.41. The van der Waals surface area contributed by atoms with Gasteiger partial charge < -0.3 is 24.8 Å². The Morgan fingerprint density at radius 2 is 1.83 bits per heavy atom. The molecule has 8 nitrogen and oxygen atoms in total. The number of fused-ring (bicyclic) bond motifs is 1. The Balaban J connectivity index is 1.27. The van der Waals surface area contributed by atoms with Crippen molar-refractivity contribution in [1.82, 2.24) is 9.88 Å². The van der Waals surface area contributed by atoms with E-state index in [0.717, 1.165) is 86.8 Å². The Labute approximate surface area is 211 Å². The highest BCUT2D eigenvalue weighted by Gasteiger charge is 2.20. The summed E-state index contributed by atoms with van der Waals surface area (Å²) in [7, 11) is 0. The lowest BCUT2D eigenvalue weighted by molar-refractivity contribution is 0.0323. The number of aromatic nitrogens is 1. The number of carbonyl (C=O) groups is 1. The minimum absolute atomic E-state index is 0.171. The smallest absolute Gasteiger partial charge is 0.255 e. The number of amides is 1. The van der Waals surface area contributed by atoms with Gasteiger partial charge in [-0.15, -0.1) is 0 Å². The average molecular weight is 491 g/mol. The van der Waals surface area contributed by atoms with E-state index in [9.17, 15) is 9.90 Å². The average Bonchev–Trinajstić information content (AvgIpc) is 2.95. The van der Waals surface area contributed by atoms with Crippen LogP contribution in [0.25, 0.3) is 10.8 Å². The zero-order valence-corrected chi connectivity index (χ0v) is 20.6. The molecule has 0 unspecified atom stereocenters. The molecule has 5 rings (SSSR count). The Morgan fingerprint density at radius 3 is 2.61 bits per heavy atom. The van der Waals surface area contributed by atoms with Crippen LogP contribution in [0.5, 0.6) is 5.75 Å². The third kappa shape index (κ3) is 5.78. The minimum Gasteiger partial charge on any atom is -0.492 e. The molecule has 3 heterocycles. The van der Waals surface area contributed by atoms with Crippen molar-refractivity contribution < 1.29 is 19.4 Å². The minimum atomic E-state index is -0.171. The summed E-state index contributed by atoms with van der Waals surface area (Å²) in [5, 5.41) is 14.4. The van der Waals surface area contributed by atoms with E-state index in [4.69, 9.17) is 9.47 Å². The van der Waals surface area contributed by atoms with E-state index in [2.05, 4.69) is 20.1 Å². The van der Waals surface area contributed by atoms with Crippen LogP contribution in [0.2, 0.25) is 0 Å². The van der Waals surface area contributed by atoms with E-state index in [1.807, 2.05) is 42.5 Å². The van der Waals surface area contributed by atoms with Gasteiger partial charge in [-0.05, 0) is 43.0 Å². The Hall–Kier alpha value is -3.20. The third-order valence-electron chi connectivity index (χ3n) is 7.11. The molecule has 2 aromatic carbocycles. The molecule has 0 spiro atoms. The summed E-state index contributed by atoms with van der Waals surface area (Å²) in [5.74, 6) is 1.80. The topological polar surface area (TPSA) is 87.2 Å². The van der Waals surface area contributed by atoms with E-state index in [-0.39, 0.29) is 12.5 Å². The second kappa shape index (κ2) is 11.7. The molecule has 2 N–H and O–H groups in total. The Bertz CT molecular complexity index is 1170. The van der Waals surface area contributed by atoms with Crippen molar-refractivity contribution in [2.24, 2.45) is 5.92 Å². The number of piperidine rings is 1. The maximum absolute atomic E-state index is 13.2. The standard InChI is InChI=1S/C28H34N4O4/c33-20-21-8-11-32(12-9-21)27-19-22(7-10-29-27)28(34)30-25-5-6-26(24-4-2-1-3-23(24)25)36-18-15-31-13-16-35-17-14-31/h1-7,10,19,21,33H,8-9,11-18,20H2,(H,30,34). The van der Waals surface area contributed by atoms with Crippen molar-refractivity contribution in [3.8, 4) is 5.75 Å². The van der Waals surface area contributed by atoms with Gasteiger partial charge >= 0.3 is 0 Å². The SMILES string of the molecule is O=C(Nc1ccc(OCCN2CCOCC2)c2ccccc12)c1ccnc(N2CCC(CO)CC2)c1. The predicted molar refractivity (Wildman–Crippen MR) is 141 cm³/mol. The summed E-state index contributed by atoms with van der Waals surface area (Å²) in [6, 6.07) is 15.4. The molecular formula is C28H34N4O4. The molecule has 0 saturated carbocycles. The molecule has 36 heavy (non-hydrogen) atoms. The van der Waals surface area contributed by atoms with E-state index < -0.39 is 0 Å². The zero-order chi connectivity index (χ0) is 24.7. The fourth-order valence-electron chi connectivity index (χ4n) is 4.89. The van der Waals surface area contributed by atoms with Crippen molar-refractivity contribution >= 4 is 28.2 Å². The maximum Gasteiger partial charge on any atom is 0.255 e. The molecule has 1 aromatic heterocycles. The van der Waals surface area contributed by atoms with Gasteiger partial charge in [0.1, 0.15) is 18.2 Å². The lowest BCUT2D eigenvalue weighted by atomic mass is 9.98. The summed E-state index contributed by atoms with van der Waals surface area (Å²) >= 11 is 0. The molecule has 3 aromatic rings. The molecule has 2 saturated heterocycles. The van der Waals surface area contributed by atoms with Crippen molar-refractivity contribution in [2.45, 2.75) is 12.8 Å². The number of aliphatic hydroxyl groups excluding tert-OH is 1. The van der Waals surface area contributed by atoms with Crippen LogP contribution in [0.3, 0.4) is 0 Å². The summed E-state index contributed by atoms with van der Waals surface area (Å²) in [6.07, 6.45) is 3.55. The van der Waals surface area contributed by atoms with E-state index >= 15 is 0 Å².